The molecule has 0 bridgehead atoms. The molecular weight excluding hydrogens is 282 g/mol. The number of para-hydroxylation sites is 2. The second kappa shape index (κ2) is 8.98. The van der Waals surface area contributed by atoms with Crippen LogP contribution < -0.4 is 9.47 Å². The Hall–Kier alpha value is -1.30. The second-order valence-corrected chi connectivity index (χ2v) is 5.63. The Kier molecular flexibility index (Phi) is 6.96. The number of morpholine rings is 1. The van der Waals surface area contributed by atoms with Gasteiger partial charge in [0.2, 0.25) is 0 Å². The van der Waals surface area contributed by atoms with Crippen molar-refractivity contribution in [3.63, 3.8) is 0 Å². The molecule has 22 heavy (non-hydrogen) atoms. The maximum atomic E-state index is 5.72. The van der Waals surface area contributed by atoms with Crippen LogP contribution in [0.1, 0.15) is 13.8 Å². The molecule has 0 radical (unpaired) electrons. The van der Waals surface area contributed by atoms with Crippen molar-refractivity contribution in [2.24, 2.45) is 0 Å². The van der Waals surface area contributed by atoms with Gasteiger partial charge < -0.3 is 18.9 Å². The van der Waals surface area contributed by atoms with E-state index in [1.54, 1.807) is 7.11 Å². The summed E-state index contributed by atoms with van der Waals surface area (Å²) in [7, 11) is 1.64. The molecule has 0 aliphatic carbocycles. The van der Waals surface area contributed by atoms with Crippen molar-refractivity contribution in [1.82, 2.24) is 4.90 Å². The molecule has 0 amide bonds. The quantitative estimate of drug-likeness (QED) is 0.689. The maximum absolute atomic E-state index is 5.72. The van der Waals surface area contributed by atoms with Crippen molar-refractivity contribution in [2.75, 3.05) is 46.6 Å². The van der Waals surface area contributed by atoms with E-state index in [1.165, 1.54) is 0 Å². The number of hydrogen-bond donors (Lipinski definition) is 0. The fourth-order valence-corrected chi connectivity index (χ4v) is 2.71. The van der Waals surface area contributed by atoms with Gasteiger partial charge in [0.1, 0.15) is 6.61 Å². The van der Waals surface area contributed by atoms with E-state index in [9.17, 15) is 0 Å². The Balaban J connectivity index is 1.58. The number of ether oxygens (including phenoxy) is 4. The molecule has 5 nitrogen and oxygen atoms in total. The number of hydrogen-bond acceptors (Lipinski definition) is 5. The highest BCUT2D eigenvalue weighted by Gasteiger charge is 2.21. The lowest BCUT2D eigenvalue weighted by Gasteiger charge is -2.35. The molecule has 1 heterocycles. The average Bonchev–Trinajstić information content (AvgIpc) is 2.50. The van der Waals surface area contributed by atoms with E-state index in [0.29, 0.717) is 32.0 Å². The summed E-state index contributed by atoms with van der Waals surface area (Å²) in [5.41, 5.74) is 0. The fourth-order valence-electron chi connectivity index (χ4n) is 2.71. The maximum Gasteiger partial charge on any atom is 0.161 e. The molecule has 2 atom stereocenters. The lowest BCUT2D eigenvalue weighted by atomic mass is 10.2. The molecule has 0 spiro atoms. The standard InChI is InChI=1S/C17H27NO4/c1-14-12-18(13-15(2)22-14)8-9-20-10-11-21-17-7-5-4-6-16(17)19-3/h4-7,14-15H,8-13H2,1-3H3/t14-,15+. The molecule has 5 heteroatoms. The van der Waals surface area contributed by atoms with Crippen molar-refractivity contribution >= 4 is 0 Å². The molecule has 1 aromatic carbocycles. The summed E-state index contributed by atoms with van der Waals surface area (Å²) < 4.78 is 22.3. The first kappa shape index (κ1) is 17.1. The third kappa shape index (κ3) is 5.48. The Morgan fingerprint density at radius 3 is 2.41 bits per heavy atom. The first-order valence-electron chi connectivity index (χ1n) is 7.90. The lowest BCUT2D eigenvalue weighted by Crippen LogP contribution is -2.46. The normalized spacial score (nSPS) is 22.5. The van der Waals surface area contributed by atoms with Crippen LogP contribution >= 0.6 is 0 Å². The molecule has 0 unspecified atom stereocenters. The van der Waals surface area contributed by atoms with Gasteiger partial charge >= 0.3 is 0 Å². The van der Waals surface area contributed by atoms with Gasteiger partial charge in [-0.1, -0.05) is 12.1 Å². The van der Waals surface area contributed by atoms with Crippen molar-refractivity contribution in [3.05, 3.63) is 24.3 Å². The molecule has 0 saturated carbocycles. The van der Waals surface area contributed by atoms with Gasteiger partial charge in [-0.15, -0.1) is 0 Å². The predicted molar refractivity (Wildman–Crippen MR) is 85.8 cm³/mol. The van der Waals surface area contributed by atoms with E-state index in [1.807, 2.05) is 24.3 Å². The molecular formula is C17H27NO4. The molecule has 1 aliphatic heterocycles. The molecule has 1 fully saturated rings. The summed E-state index contributed by atoms with van der Waals surface area (Å²) in [4.78, 5) is 2.39. The Bertz CT molecular complexity index is 430. The minimum absolute atomic E-state index is 0.303. The van der Waals surface area contributed by atoms with E-state index >= 15 is 0 Å². The summed E-state index contributed by atoms with van der Waals surface area (Å²) in [6, 6.07) is 7.64. The zero-order valence-corrected chi connectivity index (χ0v) is 13.8. The van der Waals surface area contributed by atoms with Gasteiger partial charge in [-0.3, -0.25) is 4.90 Å². The van der Waals surface area contributed by atoms with Crippen LogP contribution in [-0.4, -0.2) is 63.7 Å². The summed E-state index contributed by atoms with van der Waals surface area (Å²) in [5.74, 6) is 1.50. The third-order valence-electron chi connectivity index (χ3n) is 3.60. The third-order valence-corrected chi connectivity index (χ3v) is 3.60. The van der Waals surface area contributed by atoms with Crippen LogP contribution in [0.2, 0.25) is 0 Å². The second-order valence-electron chi connectivity index (χ2n) is 5.63. The van der Waals surface area contributed by atoms with Crippen molar-refractivity contribution in [2.45, 2.75) is 26.1 Å². The van der Waals surface area contributed by atoms with Crippen LogP contribution in [0.3, 0.4) is 0 Å². The van der Waals surface area contributed by atoms with Crippen LogP contribution in [0.15, 0.2) is 24.3 Å². The van der Waals surface area contributed by atoms with Crippen LogP contribution in [-0.2, 0) is 9.47 Å². The van der Waals surface area contributed by atoms with Gasteiger partial charge in [-0.25, -0.2) is 0 Å². The minimum Gasteiger partial charge on any atom is -0.493 e. The highest BCUT2D eigenvalue weighted by atomic mass is 16.5. The van der Waals surface area contributed by atoms with E-state index in [0.717, 1.165) is 31.1 Å². The molecule has 2 rings (SSSR count). The number of nitrogens with zero attached hydrogens (tertiary/aromatic N) is 1. The molecule has 1 saturated heterocycles. The molecule has 0 aromatic heterocycles. The molecule has 124 valence electrons. The van der Waals surface area contributed by atoms with E-state index < -0.39 is 0 Å². The molecule has 1 aromatic rings. The minimum atomic E-state index is 0.303. The Morgan fingerprint density at radius 1 is 1.05 bits per heavy atom. The molecule has 0 N–H and O–H groups in total. The summed E-state index contributed by atoms with van der Waals surface area (Å²) in [6.45, 7) is 8.94. The van der Waals surface area contributed by atoms with Gasteiger partial charge in [0.25, 0.3) is 0 Å². The first-order chi connectivity index (χ1) is 10.7. The Morgan fingerprint density at radius 2 is 1.73 bits per heavy atom. The topological polar surface area (TPSA) is 40.2 Å². The fraction of sp³-hybridized carbons (Fsp3) is 0.647. The predicted octanol–water partition coefficient (Wildman–Crippen LogP) is 2.20. The number of benzene rings is 1. The zero-order chi connectivity index (χ0) is 15.8. The highest BCUT2D eigenvalue weighted by Crippen LogP contribution is 2.25. The van der Waals surface area contributed by atoms with E-state index in [-0.39, 0.29) is 0 Å². The first-order valence-corrected chi connectivity index (χ1v) is 7.90. The Labute approximate surface area is 133 Å². The van der Waals surface area contributed by atoms with E-state index in [4.69, 9.17) is 18.9 Å². The monoisotopic (exact) mass is 309 g/mol. The van der Waals surface area contributed by atoms with Crippen molar-refractivity contribution in [1.29, 1.82) is 0 Å². The van der Waals surface area contributed by atoms with Crippen molar-refractivity contribution in [3.8, 4) is 11.5 Å². The van der Waals surface area contributed by atoms with Gasteiger partial charge in [-0.2, -0.15) is 0 Å². The van der Waals surface area contributed by atoms with Gasteiger partial charge in [0, 0.05) is 19.6 Å². The summed E-state index contributed by atoms with van der Waals surface area (Å²) in [6.07, 6.45) is 0.607. The van der Waals surface area contributed by atoms with Crippen LogP contribution in [0.4, 0.5) is 0 Å². The van der Waals surface area contributed by atoms with Gasteiger partial charge in [0.15, 0.2) is 11.5 Å². The summed E-state index contributed by atoms with van der Waals surface area (Å²) in [5, 5.41) is 0. The van der Waals surface area contributed by atoms with Crippen molar-refractivity contribution < 1.29 is 18.9 Å². The van der Waals surface area contributed by atoms with Crippen LogP contribution in [0, 0.1) is 0 Å². The lowest BCUT2D eigenvalue weighted by molar-refractivity contribution is -0.0734. The molecule has 1 aliphatic rings. The van der Waals surface area contributed by atoms with Crippen LogP contribution in [0.5, 0.6) is 11.5 Å². The zero-order valence-electron chi connectivity index (χ0n) is 13.8. The number of methoxy groups -OCH3 is 1. The van der Waals surface area contributed by atoms with Gasteiger partial charge in [0.05, 0.1) is 32.5 Å². The summed E-state index contributed by atoms with van der Waals surface area (Å²) >= 11 is 0. The largest absolute Gasteiger partial charge is 0.493 e. The SMILES string of the molecule is COc1ccccc1OCCOCCN1C[C@@H](C)O[C@@H](C)C1. The van der Waals surface area contributed by atoms with E-state index in [2.05, 4.69) is 18.7 Å². The smallest absolute Gasteiger partial charge is 0.161 e. The number of rotatable bonds is 8. The van der Waals surface area contributed by atoms with Crippen LogP contribution in [0.25, 0.3) is 0 Å². The average molecular weight is 309 g/mol. The highest BCUT2D eigenvalue weighted by molar-refractivity contribution is 5.39. The van der Waals surface area contributed by atoms with Gasteiger partial charge in [-0.05, 0) is 26.0 Å².